The van der Waals surface area contributed by atoms with Crippen molar-refractivity contribution in [3.8, 4) is 17.5 Å². The zero-order valence-electron chi connectivity index (χ0n) is 17.4. The number of aromatic nitrogens is 2. The smallest absolute Gasteiger partial charge is 0.338 e. The maximum Gasteiger partial charge on any atom is 0.404 e. The molecule has 0 aliphatic heterocycles. The second kappa shape index (κ2) is 7.90. The second-order valence-electron chi connectivity index (χ2n) is 8.17. The van der Waals surface area contributed by atoms with Crippen molar-refractivity contribution in [1.82, 2.24) is 14.3 Å². The van der Waals surface area contributed by atoms with Crippen molar-refractivity contribution in [1.29, 1.82) is 5.26 Å². The Balaban J connectivity index is 1.77. The summed E-state index contributed by atoms with van der Waals surface area (Å²) in [5, 5.41) is 10.7. The highest BCUT2D eigenvalue weighted by molar-refractivity contribution is 7.89. The fourth-order valence-corrected chi connectivity index (χ4v) is 4.82. The Hall–Kier alpha value is -2.90. The van der Waals surface area contributed by atoms with Crippen LogP contribution < -0.4 is 4.72 Å². The minimum Gasteiger partial charge on any atom is -0.338 e. The first-order valence-corrected chi connectivity index (χ1v) is 11.6. The number of hydrogen-bond acceptors (Lipinski definition) is 4. The summed E-state index contributed by atoms with van der Waals surface area (Å²) in [6.45, 7) is 3.38. The molecule has 1 saturated carbocycles. The van der Waals surface area contributed by atoms with Crippen molar-refractivity contribution in [2.24, 2.45) is 5.92 Å². The van der Waals surface area contributed by atoms with Gasteiger partial charge < -0.3 is 4.57 Å². The lowest BCUT2D eigenvalue weighted by Gasteiger charge is -2.17. The molecule has 32 heavy (non-hydrogen) atoms. The molecule has 1 N–H and O–H groups in total. The maximum atomic E-state index is 12.8. The maximum absolute atomic E-state index is 12.8. The van der Waals surface area contributed by atoms with Crippen molar-refractivity contribution < 1.29 is 21.6 Å². The molecule has 1 fully saturated rings. The van der Waals surface area contributed by atoms with Crippen LogP contribution in [-0.2, 0) is 16.6 Å². The number of pyridine rings is 1. The zero-order chi connectivity index (χ0) is 23.3. The summed E-state index contributed by atoms with van der Waals surface area (Å²) < 4.78 is 66.7. The van der Waals surface area contributed by atoms with Crippen LogP contribution in [0.15, 0.2) is 41.4 Å². The third-order valence-corrected chi connectivity index (χ3v) is 7.11. The normalized spacial score (nSPS) is 15.6. The van der Waals surface area contributed by atoms with Gasteiger partial charge in [0.25, 0.3) is 0 Å². The molecule has 1 atom stereocenters. The van der Waals surface area contributed by atoms with Crippen molar-refractivity contribution >= 4 is 20.9 Å². The average molecular weight is 462 g/mol. The number of aryl methyl sites for hydroxylation is 1. The number of hydrogen-bond donors (Lipinski definition) is 1. The van der Waals surface area contributed by atoms with E-state index in [1.54, 1.807) is 4.72 Å². The predicted octanol–water partition coefficient (Wildman–Crippen LogP) is 4.52. The molecule has 2 aromatic heterocycles. The first kappa shape index (κ1) is 22.3. The standard InChI is InChI=1S/C22H21F3N4O2S/c1-13-3-8-20-17(9-13)18(10-26)21(29(20)12-15-4-5-15)19-7-6-16(11-27-19)32(30,31)28-14(2)22(23,24)25/h3,6-9,11,14-15,28H,4-5,12H2,1-2H3/t14-/m1/s1. The Morgan fingerprint density at radius 3 is 2.56 bits per heavy atom. The van der Waals surface area contributed by atoms with E-state index in [1.165, 1.54) is 12.1 Å². The Bertz CT molecular complexity index is 1320. The van der Waals surface area contributed by atoms with Crippen LogP contribution in [0.4, 0.5) is 13.2 Å². The number of fused-ring (bicyclic) bond motifs is 1. The summed E-state index contributed by atoms with van der Waals surface area (Å²) in [6, 6.07) is 8.51. The van der Waals surface area contributed by atoms with Crippen molar-refractivity contribution in [3.63, 3.8) is 0 Å². The molecule has 2 heterocycles. The lowest BCUT2D eigenvalue weighted by molar-refractivity contribution is -0.147. The number of nitriles is 1. The molecule has 0 amide bonds. The quantitative estimate of drug-likeness (QED) is 0.583. The summed E-state index contributed by atoms with van der Waals surface area (Å²) in [7, 11) is -4.41. The number of nitrogens with zero attached hydrogens (tertiary/aromatic N) is 3. The van der Waals surface area contributed by atoms with E-state index in [0.29, 0.717) is 29.4 Å². The molecule has 1 aromatic carbocycles. The molecule has 4 rings (SSSR count). The van der Waals surface area contributed by atoms with Crippen LogP contribution in [0.25, 0.3) is 22.3 Å². The molecular formula is C22H21F3N4O2S. The predicted molar refractivity (Wildman–Crippen MR) is 113 cm³/mol. The Kier molecular flexibility index (Phi) is 5.51. The number of halogens is 3. The van der Waals surface area contributed by atoms with Gasteiger partial charge in [-0.15, -0.1) is 0 Å². The van der Waals surface area contributed by atoms with Crippen LogP contribution in [0.3, 0.4) is 0 Å². The van der Waals surface area contributed by atoms with E-state index in [0.717, 1.165) is 42.4 Å². The van der Waals surface area contributed by atoms with Crippen LogP contribution in [0.5, 0.6) is 0 Å². The lowest BCUT2D eigenvalue weighted by atomic mass is 10.1. The first-order chi connectivity index (χ1) is 15.0. The van der Waals surface area contributed by atoms with E-state index in [2.05, 4.69) is 11.1 Å². The number of nitrogens with one attached hydrogen (secondary N) is 1. The van der Waals surface area contributed by atoms with Crippen molar-refractivity contribution in [2.75, 3.05) is 0 Å². The highest BCUT2D eigenvalue weighted by Gasteiger charge is 2.39. The third-order valence-electron chi connectivity index (χ3n) is 5.58. The highest BCUT2D eigenvalue weighted by Crippen LogP contribution is 2.38. The van der Waals surface area contributed by atoms with Gasteiger partial charge in [-0.25, -0.2) is 8.42 Å². The third kappa shape index (κ3) is 4.23. The molecule has 1 aliphatic rings. The molecule has 10 heteroatoms. The molecular weight excluding hydrogens is 441 g/mol. The average Bonchev–Trinajstić information content (AvgIpc) is 3.48. The monoisotopic (exact) mass is 462 g/mol. The van der Waals surface area contributed by atoms with Gasteiger partial charge in [-0.05, 0) is 56.9 Å². The molecule has 3 aromatic rings. The molecule has 0 radical (unpaired) electrons. The van der Waals surface area contributed by atoms with Crippen LogP contribution in [-0.4, -0.2) is 30.2 Å². The fraction of sp³-hybridized carbons (Fsp3) is 0.364. The minimum absolute atomic E-state index is 0.378. The van der Waals surface area contributed by atoms with Gasteiger partial charge in [0, 0.05) is 23.6 Å². The van der Waals surface area contributed by atoms with E-state index >= 15 is 0 Å². The topological polar surface area (TPSA) is 87.8 Å². The van der Waals surface area contributed by atoms with Crippen LogP contribution in [0.1, 0.15) is 30.9 Å². The van der Waals surface area contributed by atoms with Gasteiger partial charge in [-0.2, -0.15) is 23.2 Å². The van der Waals surface area contributed by atoms with E-state index in [-0.39, 0.29) is 4.90 Å². The van der Waals surface area contributed by atoms with Crippen molar-refractivity contribution in [2.45, 2.75) is 50.3 Å². The van der Waals surface area contributed by atoms with Gasteiger partial charge in [0.1, 0.15) is 17.0 Å². The second-order valence-corrected chi connectivity index (χ2v) is 9.89. The summed E-state index contributed by atoms with van der Waals surface area (Å²) in [6.07, 6.45) is -1.49. The number of benzene rings is 1. The van der Waals surface area contributed by atoms with Crippen molar-refractivity contribution in [3.05, 3.63) is 47.7 Å². The Labute approximate surface area is 183 Å². The van der Waals surface area contributed by atoms with E-state index in [4.69, 9.17) is 0 Å². The van der Waals surface area contributed by atoms with E-state index < -0.39 is 22.2 Å². The Morgan fingerprint density at radius 2 is 2.00 bits per heavy atom. The first-order valence-electron chi connectivity index (χ1n) is 10.1. The van der Waals surface area contributed by atoms with Crippen LogP contribution in [0.2, 0.25) is 0 Å². The highest BCUT2D eigenvalue weighted by atomic mass is 32.2. The van der Waals surface area contributed by atoms with Gasteiger partial charge in [0.05, 0.1) is 17.0 Å². The summed E-state index contributed by atoms with van der Waals surface area (Å²) >= 11 is 0. The van der Waals surface area contributed by atoms with Gasteiger partial charge in [0.15, 0.2) is 0 Å². The summed E-state index contributed by atoms with van der Waals surface area (Å²) in [5.74, 6) is 0.505. The summed E-state index contributed by atoms with van der Waals surface area (Å²) in [5.41, 5.74) is 3.31. The van der Waals surface area contributed by atoms with Gasteiger partial charge in [-0.3, -0.25) is 4.98 Å². The summed E-state index contributed by atoms with van der Waals surface area (Å²) in [4.78, 5) is 3.85. The molecule has 6 nitrogen and oxygen atoms in total. The van der Waals surface area contributed by atoms with E-state index in [1.807, 2.05) is 29.7 Å². The van der Waals surface area contributed by atoms with Gasteiger partial charge in [-0.1, -0.05) is 11.6 Å². The minimum atomic E-state index is -4.70. The number of rotatable bonds is 6. The molecule has 168 valence electrons. The molecule has 0 bridgehead atoms. The Morgan fingerprint density at radius 1 is 1.28 bits per heavy atom. The largest absolute Gasteiger partial charge is 0.404 e. The van der Waals surface area contributed by atoms with Gasteiger partial charge >= 0.3 is 6.18 Å². The SMILES string of the molecule is Cc1ccc2c(c1)c(C#N)c(-c1ccc(S(=O)(=O)N[C@H](C)C(F)(F)F)cn1)n2CC1CC1. The van der Waals surface area contributed by atoms with Crippen LogP contribution in [0, 0.1) is 24.2 Å². The lowest BCUT2D eigenvalue weighted by Crippen LogP contribution is -2.42. The molecule has 0 unspecified atom stereocenters. The molecule has 1 aliphatic carbocycles. The number of sulfonamides is 1. The van der Waals surface area contributed by atoms with Crippen LogP contribution >= 0.6 is 0 Å². The zero-order valence-corrected chi connectivity index (χ0v) is 18.3. The molecule has 0 saturated heterocycles. The fourth-order valence-electron chi connectivity index (χ4n) is 3.64. The molecule has 0 spiro atoms. The van der Waals surface area contributed by atoms with E-state index in [9.17, 15) is 26.9 Å². The van der Waals surface area contributed by atoms with Gasteiger partial charge in [0.2, 0.25) is 10.0 Å². The number of alkyl halides is 3.